The molecule has 1 aromatic rings. The summed E-state index contributed by atoms with van der Waals surface area (Å²) in [7, 11) is 0. The van der Waals surface area contributed by atoms with Gasteiger partial charge in [0.05, 0.1) is 11.0 Å². The van der Waals surface area contributed by atoms with Crippen LogP contribution < -0.4 is 4.74 Å². The highest BCUT2D eigenvalue weighted by Gasteiger charge is 2.25. The van der Waals surface area contributed by atoms with Gasteiger partial charge in [-0.05, 0) is 52.9 Å². The Morgan fingerprint density at radius 1 is 1.50 bits per heavy atom. The summed E-state index contributed by atoms with van der Waals surface area (Å²) in [6, 6.07) is 5.34. The van der Waals surface area contributed by atoms with Crippen molar-refractivity contribution in [2.45, 2.75) is 12.8 Å². The van der Waals surface area contributed by atoms with Crippen molar-refractivity contribution in [2.75, 3.05) is 26.2 Å². The number of benzene rings is 1. The zero-order chi connectivity index (χ0) is 14.5. The van der Waals surface area contributed by atoms with Gasteiger partial charge in [-0.15, -0.1) is 0 Å². The molecule has 1 N–H and O–H groups in total. The molecule has 1 aromatic carbocycles. The molecule has 110 valence electrons. The first-order chi connectivity index (χ1) is 9.54. The van der Waals surface area contributed by atoms with E-state index >= 15 is 0 Å². The van der Waals surface area contributed by atoms with E-state index in [-0.39, 0.29) is 6.54 Å². The highest BCUT2D eigenvalue weighted by molar-refractivity contribution is 9.10. The Labute approximate surface area is 131 Å². The summed E-state index contributed by atoms with van der Waals surface area (Å²) in [5.41, 5.74) is 0. The van der Waals surface area contributed by atoms with Gasteiger partial charge in [-0.3, -0.25) is 9.69 Å². The van der Waals surface area contributed by atoms with Crippen molar-refractivity contribution in [3.63, 3.8) is 0 Å². The van der Waals surface area contributed by atoms with Crippen molar-refractivity contribution in [3.05, 3.63) is 27.7 Å². The van der Waals surface area contributed by atoms with Gasteiger partial charge in [0.15, 0.2) is 0 Å². The lowest BCUT2D eigenvalue weighted by Crippen LogP contribution is -2.35. The normalized spacial score (nSPS) is 14.6. The fraction of sp³-hybridized carbons (Fsp3) is 0.500. The average molecular weight is 363 g/mol. The molecule has 0 saturated heterocycles. The van der Waals surface area contributed by atoms with Crippen LogP contribution in [0.2, 0.25) is 5.02 Å². The topological polar surface area (TPSA) is 49.8 Å². The van der Waals surface area contributed by atoms with Crippen LogP contribution in [-0.2, 0) is 4.79 Å². The van der Waals surface area contributed by atoms with Crippen molar-refractivity contribution in [1.82, 2.24) is 4.90 Å². The second-order valence-corrected chi connectivity index (χ2v) is 6.29. The van der Waals surface area contributed by atoms with E-state index in [1.54, 1.807) is 18.2 Å². The fourth-order valence-electron chi connectivity index (χ4n) is 1.97. The summed E-state index contributed by atoms with van der Waals surface area (Å²) in [5, 5.41) is 9.55. The maximum absolute atomic E-state index is 10.8. The van der Waals surface area contributed by atoms with Crippen LogP contribution in [0.15, 0.2) is 22.7 Å². The first-order valence-electron chi connectivity index (χ1n) is 6.56. The summed E-state index contributed by atoms with van der Waals surface area (Å²) >= 11 is 9.25. The fourth-order valence-corrected chi connectivity index (χ4v) is 2.77. The average Bonchev–Trinajstić information content (AvgIpc) is 3.15. The molecule has 0 radical (unpaired) electrons. The van der Waals surface area contributed by atoms with Gasteiger partial charge < -0.3 is 9.84 Å². The summed E-state index contributed by atoms with van der Waals surface area (Å²) in [5.74, 6) is 0.589. The van der Waals surface area contributed by atoms with Gasteiger partial charge in [0, 0.05) is 18.1 Å². The van der Waals surface area contributed by atoms with E-state index in [9.17, 15) is 4.79 Å². The first-order valence-corrected chi connectivity index (χ1v) is 7.73. The Kier molecular flexibility index (Phi) is 5.69. The SMILES string of the molecule is O=C(O)CN(CCOc1ccc(Cl)cc1Br)CC1CC1. The number of halogens is 2. The molecule has 0 bridgehead atoms. The quantitative estimate of drug-likeness (QED) is 0.771. The smallest absolute Gasteiger partial charge is 0.317 e. The third-order valence-corrected chi connectivity index (χ3v) is 3.99. The number of hydrogen-bond acceptors (Lipinski definition) is 3. The van der Waals surface area contributed by atoms with Gasteiger partial charge in [-0.1, -0.05) is 11.6 Å². The zero-order valence-corrected chi connectivity index (χ0v) is 13.4. The van der Waals surface area contributed by atoms with Gasteiger partial charge in [0.1, 0.15) is 12.4 Å². The molecule has 0 heterocycles. The van der Waals surface area contributed by atoms with E-state index in [2.05, 4.69) is 15.9 Å². The predicted octanol–water partition coefficient (Wildman–Crippen LogP) is 3.28. The van der Waals surface area contributed by atoms with E-state index in [1.807, 2.05) is 4.90 Å². The molecule has 20 heavy (non-hydrogen) atoms. The van der Waals surface area contributed by atoms with Crippen LogP contribution in [0.1, 0.15) is 12.8 Å². The number of rotatable bonds is 8. The van der Waals surface area contributed by atoms with E-state index in [0.29, 0.717) is 24.1 Å². The zero-order valence-electron chi connectivity index (χ0n) is 11.0. The molecule has 6 heteroatoms. The third-order valence-electron chi connectivity index (χ3n) is 3.13. The maximum atomic E-state index is 10.8. The molecule has 1 fully saturated rings. The Bertz CT molecular complexity index is 479. The minimum absolute atomic E-state index is 0.0711. The number of carboxylic acid groups (broad SMARTS) is 1. The third kappa shape index (κ3) is 5.31. The highest BCUT2D eigenvalue weighted by Crippen LogP contribution is 2.30. The lowest BCUT2D eigenvalue weighted by atomic mass is 10.3. The molecule has 0 aromatic heterocycles. The molecule has 0 unspecified atom stereocenters. The van der Waals surface area contributed by atoms with E-state index in [1.165, 1.54) is 12.8 Å². The second kappa shape index (κ2) is 7.29. The molecule has 2 rings (SSSR count). The minimum atomic E-state index is -0.793. The van der Waals surface area contributed by atoms with Gasteiger partial charge in [0.25, 0.3) is 0 Å². The van der Waals surface area contributed by atoms with Crippen molar-refractivity contribution in [3.8, 4) is 5.75 Å². The molecule has 1 aliphatic rings. The van der Waals surface area contributed by atoms with Gasteiger partial charge >= 0.3 is 5.97 Å². The summed E-state index contributed by atoms with van der Waals surface area (Å²) in [4.78, 5) is 12.8. The maximum Gasteiger partial charge on any atom is 0.317 e. The number of hydrogen-bond donors (Lipinski definition) is 1. The highest BCUT2D eigenvalue weighted by atomic mass is 79.9. The van der Waals surface area contributed by atoms with Crippen LogP contribution in [-0.4, -0.2) is 42.2 Å². The molecule has 0 amide bonds. The number of carboxylic acids is 1. The Morgan fingerprint density at radius 2 is 2.25 bits per heavy atom. The van der Waals surface area contributed by atoms with Gasteiger partial charge in [-0.25, -0.2) is 0 Å². The molecule has 1 aliphatic carbocycles. The predicted molar refractivity (Wildman–Crippen MR) is 81.4 cm³/mol. The lowest BCUT2D eigenvalue weighted by Gasteiger charge is -2.20. The molecular formula is C14H17BrClNO3. The van der Waals surface area contributed by atoms with E-state index in [0.717, 1.165) is 16.8 Å². The summed E-state index contributed by atoms with van der Waals surface area (Å²) < 4.78 is 6.47. The van der Waals surface area contributed by atoms with Crippen LogP contribution >= 0.6 is 27.5 Å². The standard InChI is InChI=1S/C14H17BrClNO3/c15-12-7-11(16)3-4-13(12)20-6-5-17(9-14(18)19)8-10-1-2-10/h3-4,7,10H,1-2,5-6,8-9H2,(H,18,19). The van der Waals surface area contributed by atoms with Crippen LogP contribution in [0.3, 0.4) is 0 Å². The molecule has 0 atom stereocenters. The molecule has 0 spiro atoms. The number of nitrogens with zero attached hydrogens (tertiary/aromatic N) is 1. The molecular weight excluding hydrogens is 346 g/mol. The Hall–Kier alpha value is -0.780. The largest absolute Gasteiger partial charge is 0.491 e. The van der Waals surface area contributed by atoms with E-state index < -0.39 is 5.97 Å². The number of aliphatic carboxylic acids is 1. The Balaban J connectivity index is 1.80. The van der Waals surface area contributed by atoms with Crippen molar-refractivity contribution >= 4 is 33.5 Å². The summed E-state index contributed by atoms with van der Waals surface area (Å²) in [6.07, 6.45) is 2.42. The lowest BCUT2D eigenvalue weighted by molar-refractivity contribution is -0.138. The van der Waals surface area contributed by atoms with Crippen LogP contribution in [0, 0.1) is 5.92 Å². The molecule has 1 saturated carbocycles. The van der Waals surface area contributed by atoms with Crippen molar-refractivity contribution < 1.29 is 14.6 Å². The minimum Gasteiger partial charge on any atom is -0.491 e. The molecule has 4 nitrogen and oxygen atoms in total. The van der Waals surface area contributed by atoms with Crippen LogP contribution in [0.4, 0.5) is 0 Å². The van der Waals surface area contributed by atoms with Crippen molar-refractivity contribution in [2.24, 2.45) is 5.92 Å². The Morgan fingerprint density at radius 3 is 2.85 bits per heavy atom. The van der Waals surface area contributed by atoms with Crippen LogP contribution in [0.5, 0.6) is 5.75 Å². The summed E-state index contributed by atoms with van der Waals surface area (Å²) in [6.45, 7) is 1.98. The second-order valence-electron chi connectivity index (χ2n) is 5.00. The van der Waals surface area contributed by atoms with Crippen LogP contribution in [0.25, 0.3) is 0 Å². The van der Waals surface area contributed by atoms with E-state index in [4.69, 9.17) is 21.4 Å². The van der Waals surface area contributed by atoms with Crippen molar-refractivity contribution in [1.29, 1.82) is 0 Å². The first kappa shape index (κ1) is 15.6. The van der Waals surface area contributed by atoms with Gasteiger partial charge in [-0.2, -0.15) is 0 Å². The number of ether oxygens (including phenoxy) is 1. The van der Waals surface area contributed by atoms with Gasteiger partial charge in [0.2, 0.25) is 0 Å². The number of carbonyl (C=O) groups is 1. The monoisotopic (exact) mass is 361 g/mol. The molecule has 0 aliphatic heterocycles.